The lowest BCUT2D eigenvalue weighted by Crippen LogP contribution is -2.36. The Morgan fingerprint density at radius 2 is 2.19 bits per heavy atom. The minimum absolute atomic E-state index is 0.338. The van der Waals surface area contributed by atoms with Crippen molar-refractivity contribution in [3.8, 4) is 0 Å². The highest BCUT2D eigenvalue weighted by Gasteiger charge is 2.24. The zero-order valence-corrected chi connectivity index (χ0v) is 13.1. The van der Waals surface area contributed by atoms with E-state index in [9.17, 15) is 9.00 Å². The van der Waals surface area contributed by atoms with Gasteiger partial charge in [0, 0.05) is 41.6 Å². The molecule has 7 heteroatoms. The zero-order valence-electron chi connectivity index (χ0n) is 12.3. The Bertz CT molecular complexity index is 442. The molecular weight excluding hydrogens is 290 g/mol. The molecule has 0 aliphatic heterocycles. The molecule has 0 aromatic carbocycles. The fraction of sp³-hybridized carbons (Fsp3) is 0.643. The minimum Gasteiger partial charge on any atom is -0.289 e. The van der Waals surface area contributed by atoms with Gasteiger partial charge in [-0.05, 0) is 6.42 Å². The van der Waals surface area contributed by atoms with E-state index in [1.54, 1.807) is 24.1 Å². The lowest BCUT2D eigenvalue weighted by Gasteiger charge is -2.14. The number of amides is 1. The molecular formula is C14H23N3O3S. The lowest BCUT2D eigenvalue weighted by atomic mass is 10.1. The van der Waals surface area contributed by atoms with Crippen LogP contribution in [0, 0.1) is 0 Å². The Labute approximate surface area is 127 Å². The van der Waals surface area contributed by atoms with E-state index in [-0.39, 0.29) is 0 Å². The smallest absolute Gasteiger partial charge is 0.259 e. The van der Waals surface area contributed by atoms with Crippen LogP contribution in [0.25, 0.3) is 0 Å². The van der Waals surface area contributed by atoms with Gasteiger partial charge in [-0.2, -0.15) is 0 Å². The predicted molar refractivity (Wildman–Crippen MR) is 81.2 cm³/mol. The van der Waals surface area contributed by atoms with Gasteiger partial charge < -0.3 is 0 Å². The molecule has 2 N–H and O–H groups in total. The number of hydroxylamine groups is 1. The van der Waals surface area contributed by atoms with Gasteiger partial charge in [0.2, 0.25) is 0 Å². The molecule has 1 aromatic rings. The molecule has 0 saturated carbocycles. The van der Waals surface area contributed by atoms with Crippen LogP contribution in [0.15, 0.2) is 18.6 Å². The number of aryl methyl sites for hydroxylation is 1. The molecule has 0 spiro atoms. The molecule has 118 valence electrons. The van der Waals surface area contributed by atoms with E-state index in [4.69, 9.17) is 5.21 Å². The molecule has 0 aliphatic carbocycles. The van der Waals surface area contributed by atoms with Crippen molar-refractivity contribution in [3.05, 3.63) is 24.3 Å². The molecule has 0 radical (unpaired) electrons. The molecule has 21 heavy (non-hydrogen) atoms. The molecule has 6 nitrogen and oxygen atoms in total. The molecule has 2 unspecified atom stereocenters. The Kier molecular flexibility index (Phi) is 8.77. The summed E-state index contributed by atoms with van der Waals surface area (Å²) >= 11 is 0. The Morgan fingerprint density at radius 1 is 1.38 bits per heavy atom. The fourth-order valence-electron chi connectivity index (χ4n) is 2.02. The van der Waals surface area contributed by atoms with Crippen molar-refractivity contribution in [1.29, 1.82) is 0 Å². The first-order chi connectivity index (χ1) is 10.2. The maximum absolute atomic E-state index is 12.3. The number of hydrogen-bond donors (Lipinski definition) is 2. The lowest BCUT2D eigenvalue weighted by molar-refractivity contribution is -0.128. The van der Waals surface area contributed by atoms with Gasteiger partial charge in [0.25, 0.3) is 5.91 Å². The van der Waals surface area contributed by atoms with Crippen molar-refractivity contribution in [2.24, 2.45) is 0 Å². The van der Waals surface area contributed by atoms with Crippen LogP contribution in [-0.4, -0.2) is 36.3 Å². The molecule has 0 fully saturated rings. The number of hydrogen-bond acceptors (Lipinski definition) is 5. The summed E-state index contributed by atoms with van der Waals surface area (Å²) < 4.78 is 12.3. The van der Waals surface area contributed by atoms with Crippen molar-refractivity contribution < 1.29 is 14.2 Å². The standard InChI is InChI=1S/C14H23N3O3S/c1-2-3-4-5-6-13(14(18)17-19)21(20)10-7-12-11-15-8-9-16-12/h8-9,11,13,19H,2-7,10H2,1H3,(H,17,18). The average Bonchev–Trinajstić information content (AvgIpc) is 2.53. The minimum atomic E-state index is -1.33. The third-order valence-electron chi connectivity index (χ3n) is 3.22. The molecule has 0 aliphatic rings. The van der Waals surface area contributed by atoms with E-state index in [1.807, 2.05) is 0 Å². The maximum atomic E-state index is 12.3. The van der Waals surface area contributed by atoms with Gasteiger partial charge in [-0.3, -0.25) is 24.2 Å². The first-order valence-corrected chi connectivity index (χ1v) is 8.63. The second-order valence-electron chi connectivity index (χ2n) is 4.85. The van der Waals surface area contributed by atoms with Gasteiger partial charge in [0.15, 0.2) is 0 Å². The fourth-order valence-corrected chi connectivity index (χ4v) is 3.43. The Balaban J connectivity index is 2.48. The topological polar surface area (TPSA) is 92.2 Å². The highest BCUT2D eigenvalue weighted by Crippen LogP contribution is 2.12. The maximum Gasteiger partial charge on any atom is 0.259 e. The third-order valence-corrected chi connectivity index (χ3v) is 4.91. The van der Waals surface area contributed by atoms with Crippen LogP contribution < -0.4 is 5.48 Å². The summed E-state index contributed by atoms with van der Waals surface area (Å²) in [6, 6.07) is 0. The van der Waals surface area contributed by atoms with E-state index in [1.165, 1.54) is 0 Å². The molecule has 1 amide bonds. The summed E-state index contributed by atoms with van der Waals surface area (Å²) in [5.74, 6) is -0.228. The third kappa shape index (κ3) is 6.77. The number of rotatable bonds is 10. The van der Waals surface area contributed by atoms with Gasteiger partial charge in [-0.25, -0.2) is 5.48 Å². The molecule has 1 aromatic heterocycles. The first-order valence-electron chi connectivity index (χ1n) is 7.25. The molecule has 1 rings (SSSR count). The van der Waals surface area contributed by atoms with Crippen LogP contribution in [0.2, 0.25) is 0 Å². The molecule has 2 atom stereocenters. The van der Waals surface area contributed by atoms with Crippen LogP contribution in [0.3, 0.4) is 0 Å². The van der Waals surface area contributed by atoms with Crippen molar-refractivity contribution in [1.82, 2.24) is 15.4 Å². The predicted octanol–water partition coefficient (Wildman–Crippen LogP) is 1.61. The van der Waals surface area contributed by atoms with Crippen molar-refractivity contribution in [2.75, 3.05) is 5.75 Å². The van der Waals surface area contributed by atoms with E-state index in [2.05, 4.69) is 16.9 Å². The molecule has 0 bridgehead atoms. The Hall–Kier alpha value is -1.34. The van der Waals surface area contributed by atoms with Gasteiger partial charge >= 0.3 is 0 Å². The van der Waals surface area contributed by atoms with E-state index >= 15 is 0 Å². The second kappa shape index (κ2) is 10.4. The quantitative estimate of drug-likeness (QED) is 0.389. The zero-order chi connectivity index (χ0) is 15.5. The normalized spacial score (nSPS) is 13.6. The number of nitrogens with one attached hydrogen (secondary N) is 1. The van der Waals surface area contributed by atoms with Crippen LogP contribution in [-0.2, 0) is 22.0 Å². The van der Waals surface area contributed by atoms with Crippen LogP contribution >= 0.6 is 0 Å². The van der Waals surface area contributed by atoms with Crippen molar-refractivity contribution >= 4 is 16.7 Å². The number of unbranched alkanes of at least 4 members (excludes halogenated alkanes) is 3. The summed E-state index contributed by atoms with van der Waals surface area (Å²) in [5.41, 5.74) is 2.38. The monoisotopic (exact) mass is 313 g/mol. The van der Waals surface area contributed by atoms with Gasteiger partial charge in [0.1, 0.15) is 5.25 Å². The molecule has 0 saturated heterocycles. The largest absolute Gasteiger partial charge is 0.289 e. The summed E-state index contributed by atoms with van der Waals surface area (Å²) in [6.07, 6.45) is 9.86. The van der Waals surface area contributed by atoms with Gasteiger partial charge in [0.05, 0.1) is 5.69 Å². The summed E-state index contributed by atoms with van der Waals surface area (Å²) in [6.45, 7) is 2.11. The number of nitrogens with zero attached hydrogens (tertiary/aromatic N) is 2. The second-order valence-corrected chi connectivity index (χ2v) is 6.58. The van der Waals surface area contributed by atoms with Crippen molar-refractivity contribution in [3.63, 3.8) is 0 Å². The van der Waals surface area contributed by atoms with Gasteiger partial charge in [-0.15, -0.1) is 0 Å². The van der Waals surface area contributed by atoms with E-state index < -0.39 is 22.0 Å². The number of carbonyl (C=O) groups excluding carboxylic acids is 1. The number of carbonyl (C=O) groups is 1. The Morgan fingerprint density at radius 3 is 2.81 bits per heavy atom. The van der Waals surface area contributed by atoms with Crippen LogP contribution in [0.5, 0.6) is 0 Å². The van der Waals surface area contributed by atoms with Gasteiger partial charge in [-0.1, -0.05) is 32.6 Å². The summed E-state index contributed by atoms with van der Waals surface area (Å²) in [7, 11) is -1.33. The molecule has 1 heterocycles. The summed E-state index contributed by atoms with van der Waals surface area (Å²) in [5, 5.41) is 8.12. The van der Waals surface area contributed by atoms with E-state index in [0.29, 0.717) is 18.6 Å². The van der Waals surface area contributed by atoms with Crippen LogP contribution in [0.4, 0.5) is 0 Å². The van der Waals surface area contributed by atoms with Crippen molar-refractivity contribution in [2.45, 2.75) is 50.7 Å². The average molecular weight is 313 g/mol. The highest BCUT2D eigenvalue weighted by atomic mass is 32.2. The first kappa shape index (κ1) is 17.7. The van der Waals surface area contributed by atoms with E-state index in [0.717, 1.165) is 31.4 Å². The SMILES string of the molecule is CCCCCCC(C(=O)NO)S(=O)CCc1cnccn1. The van der Waals surface area contributed by atoms with Crippen LogP contribution in [0.1, 0.15) is 44.7 Å². The highest BCUT2D eigenvalue weighted by molar-refractivity contribution is 7.86. The number of aromatic nitrogens is 2. The summed E-state index contributed by atoms with van der Waals surface area (Å²) in [4.78, 5) is 19.7.